The smallest absolute Gasteiger partial charge is 0.308 e. The number of ether oxygens (including phenoxy) is 3. The van der Waals surface area contributed by atoms with Crippen molar-refractivity contribution in [2.45, 2.75) is 119 Å². The third-order valence-corrected chi connectivity index (χ3v) is 12.2. The zero-order valence-corrected chi connectivity index (χ0v) is 26.5. The average molecular weight is 565 g/mol. The topological polar surface area (TPSA) is 78.9 Å². The van der Waals surface area contributed by atoms with Gasteiger partial charge in [0, 0.05) is 31.6 Å². The summed E-state index contributed by atoms with van der Waals surface area (Å²) in [6, 6.07) is 1.98. The maximum atomic E-state index is 12.1. The molecule has 0 aliphatic heterocycles. The number of rotatable bonds is 4. The van der Waals surface area contributed by atoms with Crippen LogP contribution in [-0.2, 0) is 31.0 Å². The number of carbonyl (C=O) groups excluding carboxylic acids is 3. The van der Waals surface area contributed by atoms with E-state index in [1.807, 2.05) is 13.0 Å². The van der Waals surface area contributed by atoms with Crippen LogP contribution in [0.15, 0.2) is 17.7 Å². The van der Waals surface area contributed by atoms with Crippen LogP contribution in [0, 0.1) is 34.5 Å². The fourth-order valence-corrected chi connectivity index (χ4v) is 9.65. The van der Waals surface area contributed by atoms with Crippen LogP contribution in [-0.4, -0.2) is 24.5 Å². The van der Waals surface area contributed by atoms with Crippen molar-refractivity contribution in [2.75, 3.05) is 6.61 Å². The van der Waals surface area contributed by atoms with Crippen LogP contribution in [0.2, 0.25) is 0 Å². The third-order valence-electron chi connectivity index (χ3n) is 12.2. The third kappa shape index (κ3) is 4.55. The first-order valence-corrected chi connectivity index (χ1v) is 15.4. The Balaban J connectivity index is 1.58. The second-order valence-corrected chi connectivity index (χ2v) is 14.9. The van der Waals surface area contributed by atoms with Crippen LogP contribution in [0.1, 0.15) is 117 Å². The van der Waals surface area contributed by atoms with Crippen LogP contribution >= 0.6 is 0 Å². The number of carbonyl (C=O) groups is 3. The molecule has 41 heavy (non-hydrogen) atoms. The average Bonchev–Trinajstić information content (AvgIpc) is 2.88. The molecule has 0 N–H and O–H groups in total. The lowest BCUT2D eigenvalue weighted by Gasteiger charge is -2.70. The van der Waals surface area contributed by atoms with E-state index in [-0.39, 0.29) is 33.0 Å². The van der Waals surface area contributed by atoms with Gasteiger partial charge in [0.25, 0.3) is 0 Å². The van der Waals surface area contributed by atoms with Gasteiger partial charge in [-0.15, -0.1) is 0 Å². The Morgan fingerprint density at radius 2 is 1.51 bits per heavy atom. The van der Waals surface area contributed by atoms with Crippen molar-refractivity contribution in [3.05, 3.63) is 34.4 Å². The van der Waals surface area contributed by atoms with Crippen LogP contribution in [0.4, 0.5) is 0 Å². The van der Waals surface area contributed by atoms with Gasteiger partial charge in [0.05, 0.1) is 6.61 Å². The van der Waals surface area contributed by atoms with Crippen LogP contribution in [0.3, 0.4) is 0 Å². The first-order chi connectivity index (χ1) is 19.0. The highest BCUT2D eigenvalue weighted by atomic mass is 16.6. The first-order valence-electron chi connectivity index (χ1n) is 15.4. The molecule has 3 fully saturated rings. The van der Waals surface area contributed by atoms with Crippen molar-refractivity contribution in [3.63, 3.8) is 0 Å². The molecule has 0 saturated heterocycles. The lowest BCUT2D eigenvalue weighted by Crippen LogP contribution is -2.62. The molecule has 6 heteroatoms. The largest absolute Gasteiger partial charge is 0.465 e. The maximum absolute atomic E-state index is 12.1. The Labute approximate surface area is 245 Å². The van der Waals surface area contributed by atoms with E-state index in [4.69, 9.17) is 14.2 Å². The molecule has 6 atom stereocenters. The van der Waals surface area contributed by atoms with Gasteiger partial charge in [-0.3, -0.25) is 14.4 Å². The maximum Gasteiger partial charge on any atom is 0.308 e. The van der Waals surface area contributed by atoms with E-state index < -0.39 is 11.9 Å². The summed E-state index contributed by atoms with van der Waals surface area (Å²) in [7, 11) is 0. The zero-order chi connectivity index (χ0) is 30.2. The molecular formula is C35H48O6. The number of fused-ring (bicyclic) bond motifs is 7. The van der Waals surface area contributed by atoms with E-state index in [9.17, 15) is 14.4 Å². The predicted molar refractivity (Wildman–Crippen MR) is 158 cm³/mol. The molecule has 0 radical (unpaired) electrons. The van der Waals surface area contributed by atoms with E-state index in [1.54, 1.807) is 0 Å². The Bertz CT molecular complexity index is 1340. The molecule has 3 saturated carbocycles. The molecule has 0 bridgehead atoms. The summed E-state index contributed by atoms with van der Waals surface area (Å²) in [5.74, 6) is 0.145. The summed E-state index contributed by atoms with van der Waals surface area (Å²) in [4.78, 5) is 35.7. The second kappa shape index (κ2) is 9.70. The van der Waals surface area contributed by atoms with Crippen LogP contribution in [0.5, 0.6) is 11.5 Å². The molecular weight excluding hydrogens is 516 g/mol. The van der Waals surface area contributed by atoms with E-state index in [1.165, 1.54) is 50.3 Å². The number of esters is 3. The molecule has 4 aliphatic carbocycles. The van der Waals surface area contributed by atoms with Gasteiger partial charge in [-0.2, -0.15) is 0 Å². The fraction of sp³-hybridized carbons (Fsp3) is 0.686. The highest BCUT2D eigenvalue weighted by Gasteiger charge is 2.66. The van der Waals surface area contributed by atoms with Gasteiger partial charge in [-0.1, -0.05) is 46.3 Å². The monoisotopic (exact) mass is 564 g/mol. The van der Waals surface area contributed by atoms with E-state index in [0.717, 1.165) is 44.1 Å². The number of benzene rings is 1. The molecule has 1 unspecified atom stereocenters. The summed E-state index contributed by atoms with van der Waals surface area (Å²) in [6.45, 7) is 19.0. The van der Waals surface area contributed by atoms with Crippen LogP contribution in [0.25, 0.3) is 0 Å². The normalized spacial score (nSPS) is 37.4. The van der Waals surface area contributed by atoms with Crippen molar-refractivity contribution >= 4 is 17.9 Å². The lowest BCUT2D eigenvalue weighted by molar-refractivity contribution is -0.170. The summed E-state index contributed by atoms with van der Waals surface area (Å²) in [5, 5.41) is 0. The molecule has 0 spiro atoms. The molecule has 4 aliphatic rings. The quantitative estimate of drug-likeness (QED) is 0.213. The van der Waals surface area contributed by atoms with Crippen LogP contribution < -0.4 is 9.47 Å². The van der Waals surface area contributed by atoms with E-state index >= 15 is 0 Å². The van der Waals surface area contributed by atoms with Gasteiger partial charge in [0.15, 0.2) is 11.5 Å². The Kier molecular flexibility index (Phi) is 7.07. The zero-order valence-electron chi connectivity index (χ0n) is 26.5. The molecule has 0 amide bonds. The van der Waals surface area contributed by atoms with E-state index in [0.29, 0.717) is 24.0 Å². The highest BCUT2D eigenvalue weighted by molar-refractivity contribution is 5.76. The Hall–Kier alpha value is -2.63. The second-order valence-electron chi connectivity index (χ2n) is 14.9. The summed E-state index contributed by atoms with van der Waals surface area (Å²) < 4.78 is 16.8. The number of hydrogen-bond acceptors (Lipinski definition) is 6. The molecule has 1 aromatic carbocycles. The minimum Gasteiger partial charge on any atom is -0.465 e. The standard InChI is InChI=1S/C35H48O6/c1-21-25-10-11-28-33(7,26(25)18-27(40-23(3)37)30(21)41-24(4)38)15-17-35(9)29-19-31(5,20-39-22(2)36)12-13-32(29,6)14-16-34(28,35)8/h11,18,29H,10,12-17,19-20H2,1-9H3/t29?,31-,32-,33+,34-,35+/m1/s1. The minimum absolute atomic E-state index is 0.00540. The molecule has 1 aromatic rings. The van der Waals surface area contributed by atoms with Crippen molar-refractivity contribution in [1.82, 2.24) is 0 Å². The van der Waals surface area contributed by atoms with Gasteiger partial charge in [0.1, 0.15) is 0 Å². The molecule has 0 heterocycles. The minimum atomic E-state index is -0.432. The van der Waals surface area contributed by atoms with Gasteiger partial charge in [-0.25, -0.2) is 0 Å². The van der Waals surface area contributed by atoms with Crippen molar-refractivity contribution in [2.24, 2.45) is 27.6 Å². The summed E-state index contributed by atoms with van der Waals surface area (Å²) in [5.41, 5.74) is 4.92. The summed E-state index contributed by atoms with van der Waals surface area (Å²) >= 11 is 0. The number of hydrogen-bond donors (Lipinski definition) is 0. The molecule has 6 nitrogen and oxygen atoms in total. The number of allylic oxidation sites excluding steroid dienone is 2. The SMILES string of the molecule is CC(=O)OC[C@]1(C)CC[C@]2(C)CC[C@]3(C)C4=CCc5c(cc(OC(C)=O)c(OC(C)=O)c5C)[C@]4(C)CC[C@@]3(C)C2C1. The van der Waals surface area contributed by atoms with Crippen molar-refractivity contribution < 1.29 is 28.6 Å². The fourth-order valence-electron chi connectivity index (χ4n) is 9.65. The van der Waals surface area contributed by atoms with Gasteiger partial charge >= 0.3 is 17.9 Å². The highest BCUT2D eigenvalue weighted by Crippen LogP contribution is 2.74. The van der Waals surface area contributed by atoms with Gasteiger partial charge < -0.3 is 14.2 Å². The molecule has 224 valence electrons. The van der Waals surface area contributed by atoms with Gasteiger partial charge in [-0.05, 0) is 103 Å². The van der Waals surface area contributed by atoms with Crippen molar-refractivity contribution in [1.29, 1.82) is 0 Å². The first kappa shape index (κ1) is 29.8. The Morgan fingerprint density at radius 3 is 2.15 bits per heavy atom. The van der Waals surface area contributed by atoms with Gasteiger partial charge in [0.2, 0.25) is 0 Å². The lowest BCUT2D eigenvalue weighted by atomic mass is 9.34. The Morgan fingerprint density at radius 1 is 0.854 bits per heavy atom. The van der Waals surface area contributed by atoms with Crippen molar-refractivity contribution in [3.8, 4) is 11.5 Å². The summed E-state index contributed by atoms with van der Waals surface area (Å²) in [6.07, 6.45) is 11.0. The molecule has 5 rings (SSSR count). The van der Waals surface area contributed by atoms with E-state index in [2.05, 4.69) is 40.7 Å². The predicted octanol–water partition coefficient (Wildman–Crippen LogP) is 7.56. The molecule has 0 aromatic heterocycles.